The van der Waals surface area contributed by atoms with E-state index in [1.807, 2.05) is 12.3 Å². The number of hydrogen-bond donors (Lipinski definition) is 1. The molecule has 3 heteroatoms. The second-order valence-electron chi connectivity index (χ2n) is 5.54. The Balaban J connectivity index is 2.45. The Morgan fingerprint density at radius 2 is 2.00 bits per heavy atom. The van der Waals surface area contributed by atoms with Crippen molar-refractivity contribution >= 4 is 0 Å². The van der Waals surface area contributed by atoms with E-state index in [-0.39, 0.29) is 0 Å². The minimum Gasteiger partial charge on any atom is -0.493 e. The second-order valence-corrected chi connectivity index (χ2v) is 5.54. The molecule has 0 aliphatic carbocycles. The third-order valence-corrected chi connectivity index (χ3v) is 2.68. The van der Waals surface area contributed by atoms with Crippen LogP contribution in [0.2, 0.25) is 0 Å². The first kappa shape index (κ1) is 15.0. The van der Waals surface area contributed by atoms with E-state index in [1.165, 1.54) is 0 Å². The van der Waals surface area contributed by atoms with E-state index in [4.69, 9.17) is 4.74 Å². The molecule has 1 rings (SSSR count). The molecule has 1 aromatic heterocycles. The average molecular weight is 250 g/mol. The third-order valence-electron chi connectivity index (χ3n) is 2.68. The summed E-state index contributed by atoms with van der Waals surface area (Å²) in [5.74, 6) is 2.29. The first-order chi connectivity index (χ1) is 8.59. The van der Waals surface area contributed by atoms with Crippen molar-refractivity contribution in [3.05, 3.63) is 24.0 Å². The third kappa shape index (κ3) is 6.01. The second kappa shape index (κ2) is 8.09. The number of hydrogen-bond acceptors (Lipinski definition) is 3. The minimum atomic E-state index is 0.659. The molecule has 0 saturated carbocycles. The molecule has 102 valence electrons. The van der Waals surface area contributed by atoms with Crippen LogP contribution in [0.5, 0.6) is 5.75 Å². The van der Waals surface area contributed by atoms with Crippen LogP contribution in [0.4, 0.5) is 0 Å². The van der Waals surface area contributed by atoms with E-state index >= 15 is 0 Å². The van der Waals surface area contributed by atoms with E-state index in [9.17, 15) is 0 Å². The number of ether oxygens (including phenoxy) is 1. The predicted octanol–water partition coefficient (Wildman–Crippen LogP) is 3.25. The fraction of sp³-hybridized carbons (Fsp3) is 0.667. The molecule has 18 heavy (non-hydrogen) atoms. The van der Waals surface area contributed by atoms with E-state index in [0.29, 0.717) is 11.8 Å². The number of nitrogens with one attached hydrogen (secondary N) is 1. The van der Waals surface area contributed by atoms with Gasteiger partial charge in [0.15, 0.2) is 0 Å². The van der Waals surface area contributed by atoms with E-state index < -0.39 is 0 Å². The summed E-state index contributed by atoms with van der Waals surface area (Å²) in [6, 6.07) is 1.95. The molecule has 3 nitrogen and oxygen atoms in total. The summed E-state index contributed by atoms with van der Waals surface area (Å²) < 4.78 is 5.83. The highest BCUT2D eigenvalue weighted by Gasteiger charge is 2.04. The molecule has 0 aromatic carbocycles. The lowest BCUT2D eigenvalue weighted by atomic mass is 10.1. The largest absolute Gasteiger partial charge is 0.493 e. The molecule has 0 saturated heterocycles. The van der Waals surface area contributed by atoms with Crippen LogP contribution in [0.3, 0.4) is 0 Å². The van der Waals surface area contributed by atoms with Gasteiger partial charge in [-0.25, -0.2) is 0 Å². The zero-order chi connectivity index (χ0) is 13.4. The van der Waals surface area contributed by atoms with E-state index in [0.717, 1.165) is 37.4 Å². The van der Waals surface area contributed by atoms with Crippen LogP contribution >= 0.6 is 0 Å². The quantitative estimate of drug-likeness (QED) is 0.769. The van der Waals surface area contributed by atoms with Gasteiger partial charge in [-0.05, 0) is 30.9 Å². The number of rotatable bonds is 8. The van der Waals surface area contributed by atoms with Crippen molar-refractivity contribution in [1.82, 2.24) is 10.3 Å². The van der Waals surface area contributed by atoms with Crippen LogP contribution in [0.1, 0.15) is 39.7 Å². The van der Waals surface area contributed by atoms with Gasteiger partial charge in [0, 0.05) is 24.5 Å². The van der Waals surface area contributed by atoms with E-state index in [2.05, 4.69) is 38.0 Å². The standard InChI is InChI=1S/C15H26N2O/c1-12(2)6-8-18-15-5-7-16-10-14(15)11-17-9-13(3)4/h5,7,10,12-13,17H,6,8-9,11H2,1-4H3. The maximum Gasteiger partial charge on any atom is 0.126 e. The molecule has 0 spiro atoms. The molecule has 0 aliphatic rings. The normalized spacial score (nSPS) is 11.2. The average Bonchev–Trinajstić information content (AvgIpc) is 2.30. The Morgan fingerprint density at radius 1 is 1.22 bits per heavy atom. The molecular formula is C15H26N2O. The highest BCUT2D eigenvalue weighted by molar-refractivity contribution is 5.29. The minimum absolute atomic E-state index is 0.659. The van der Waals surface area contributed by atoms with Crippen molar-refractivity contribution in [2.75, 3.05) is 13.2 Å². The van der Waals surface area contributed by atoms with Crippen molar-refractivity contribution in [1.29, 1.82) is 0 Å². The maximum absolute atomic E-state index is 5.83. The van der Waals surface area contributed by atoms with Crippen molar-refractivity contribution < 1.29 is 4.74 Å². The zero-order valence-corrected chi connectivity index (χ0v) is 12.1. The Labute approximate surface area is 111 Å². The molecule has 0 amide bonds. The highest BCUT2D eigenvalue weighted by atomic mass is 16.5. The van der Waals surface area contributed by atoms with Gasteiger partial charge in [0.05, 0.1) is 6.61 Å². The lowest BCUT2D eigenvalue weighted by molar-refractivity contribution is 0.286. The van der Waals surface area contributed by atoms with Crippen LogP contribution in [0.15, 0.2) is 18.5 Å². The molecule has 0 atom stereocenters. The monoisotopic (exact) mass is 250 g/mol. The summed E-state index contributed by atoms with van der Waals surface area (Å²) in [5.41, 5.74) is 1.14. The first-order valence-corrected chi connectivity index (χ1v) is 6.86. The molecule has 0 unspecified atom stereocenters. The maximum atomic E-state index is 5.83. The zero-order valence-electron chi connectivity index (χ0n) is 12.1. The first-order valence-electron chi connectivity index (χ1n) is 6.86. The summed E-state index contributed by atoms with van der Waals surface area (Å²) in [6.45, 7) is 11.4. The Bertz CT molecular complexity index is 304. The van der Waals surface area contributed by atoms with Gasteiger partial charge in [0.2, 0.25) is 0 Å². The lowest BCUT2D eigenvalue weighted by Crippen LogP contribution is -2.19. The Morgan fingerprint density at radius 3 is 2.67 bits per heavy atom. The molecule has 0 aliphatic heterocycles. The lowest BCUT2D eigenvalue weighted by Gasteiger charge is -2.13. The number of aromatic nitrogens is 1. The van der Waals surface area contributed by atoms with Crippen molar-refractivity contribution in [2.24, 2.45) is 11.8 Å². The predicted molar refractivity (Wildman–Crippen MR) is 75.7 cm³/mol. The van der Waals surface area contributed by atoms with Crippen LogP contribution in [0, 0.1) is 11.8 Å². The molecule has 1 heterocycles. The van der Waals surface area contributed by atoms with Gasteiger partial charge in [0.1, 0.15) is 5.75 Å². The fourth-order valence-corrected chi connectivity index (χ4v) is 1.59. The highest BCUT2D eigenvalue weighted by Crippen LogP contribution is 2.17. The van der Waals surface area contributed by atoms with Gasteiger partial charge >= 0.3 is 0 Å². The van der Waals surface area contributed by atoms with Gasteiger partial charge in [-0.15, -0.1) is 0 Å². The summed E-state index contributed by atoms with van der Waals surface area (Å²) in [5, 5.41) is 3.42. The summed E-state index contributed by atoms with van der Waals surface area (Å²) in [6.07, 6.45) is 4.76. The molecule has 0 radical (unpaired) electrons. The van der Waals surface area contributed by atoms with Crippen molar-refractivity contribution in [2.45, 2.75) is 40.7 Å². The molecule has 1 N–H and O–H groups in total. The summed E-state index contributed by atoms with van der Waals surface area (Å²) in [4.78, 5) is 4.17. The topological polar surface area (TPSA) is 34.1 Å². The fourth-order valence-electron chi connectivity index (χ4n) is 1.59. The van der Waals surface area contributed by atoms with Gasteiger partial charge in [-0.3, -0.25) is 4.98 Å². The van der Waals surface area contributed by atoms with Crippen LogP contribution in [-0.4, -0.2) is 18.1 Å². The molecule has 1 aromatic rings. The van der Waals surface area contributed by atoms with E-state index in [1.54, 1.807) is 6.20 Å². The molecular weight excluding hydrogens is 224 g/mol. The number of pyridine rings is 1. The van der Waals surface area contributed by atoms with Crippen molar-refractivity contribution in [3.63, 3.8) is 0 Å². The molecule has 0 fully saturated rings. The van der Waals surface area contributed by atoms with Gasteiger partial charge in [0.25, 0.3) is 0 Å². The SMILES string of the molecule is CC(C)CCOc1ccncc1CNCC(C)C. The summed E-state index contributed by atoms with van der Waals surface area (Å²) >= 11 is 0. The summed E-state index contributed by atoms with van der Waals surface area (Å²) in [7, 11) is 0. The van der Waals surface area contributed by atoms with Gasteiger partial charge in [-0.2, -0.15) is 0 Å². The van der Waals surface area contributed by atoms with Gasteiger partial charge < -0.3 is 10.1 Å². The van der Waals surface area contributed by atoms with Crippen molar-refractivity contribution in [3.8, 4) is 5.75 Å². The van der Waals surface area contributed by atoms with Crippen LogP contribution in [-0.2, 0) is 6.54 Å². The van der Waals surface area contributed by atoms with Crippen LogP contribution in [0.25, 0.3) is 0 Å². The number of nitrogens with zero attached hydrogens (tertiary/aromatic N) is 1. The van der Waals surface area contributed by atoms with Gasteiger partial charge in [-0.1, -0.05) is 27.7 Å². The van der Waals surface area contributed by atoms with Crippen LogP contribution < -0.4 is 10.1 Å². The smallest absolute Gasteiger partial charge is 0.126 e. The Hall–Kier alpha value is -1.09. The molecule has 0 bridgehead atoms. The Kier molecular flexibility index (Phi) is 6.73.